The van der Waals surface area contributed by atoms with Crippen LogP contribution in [0.1, 0.15) is 35.6 Å². The number of ether oxygens (including phenoxy) is 1. The van der Waals surface area contributed by atoms with Crippen LogP contribution in [0.5, 0.6) is 5.88 Å². The van der Waals surface area contributed by atoms with E-state index in [1.165, 1.54) is 16.3 Å². The number of rotatable bonds is 7. The molecule has 2 rings (SSSR count). The van der Waals surface area contributed by atoms with Crippen LogP contribution < -0.4 is 5.56 Å². The molecule has 2 aromatic rings. The van der Waals surface area contributed by atoms with E-state index in [1.807, 2.05) is 30.3 Å². The van der Waals surface area contributed by atoms with E-state index in [0.717, 1.165) is 12.1 Å². The minimum Gasteiger partial charge on any atom is -0.494 e. The van der Waals surface area contributed by atoms with Gasteiger partial charge in [-0.3, -0.25) is 14.4 Å². The summed E-state index contributed by atoms with van der Waals surface area (Å²) in [6, 6.07) is 9.70. The summed E-state index contributed by atoms with van der Waals surface area (Å²) in [5, 5.41) is 19.9. The van der Waals surface area contributed by atoms with Gasteiger partial charge in [-0.25, -0.2) is 0 Å². The van der Waals surface area contributed by atoms with Crippen molar-refractivity contribution in [1.82, 2.24) is 4.57 Å². The van der Waals surface area contributed by atoms with E-state index in [1.54, 1.807) is 14.0 Å². The fraction of sp³-hybridized carbons (Fsp3) is 0.350. The largest absolute Gasteiger partial charge is 0.494 e. The molecular formula is C20H23N3O3. The number of benzene rings is 1. The Bertz CT molecular complexity index is 890. The number of aryl methyl sites for hydroxylation is 1. The lowest BCUT2D eigenvalue weighted by atomic mass is 10.1. The Hall–Kier alpha value is -2.91. The number of aromatic nitrogens is 1. The van der Waals surface area contributed by atoms with Crippen LogP contribution in [0.4, 0.5) is 5.69 Å². The van der Waals surface area contributed by atoms with Crippen molar-refractivity contribution in [3.63, 3.8) is 0 Å². The van der Waals surface area contributed by atoms with Crippen molar-refractivity contribution in [2.24, 2.45) is 4.99 Å². The van der Waals surface area contributed by atoms with Crippen molar-refractivity contribution in [2.45, 2.75) is 33.2 Å². The molecule has 0 radical (unpaired) electrons. The minimum absolute atomic E-state index is 0.0167. The smallest absolute Gasteiger partial charge is 0.271 e. The molecule has 0 spiro atoms. The van der Waals surface area contributed by atoms with Gasteiger partial charge in [-0.1, -0.05) is 19.1 Å². The zero-order chi connectivity index (χ0) is 19.1. The maximum absolute atomic E-state index is 12.4. The highest BCUT2D eigenvalue weighted by atomic mass is 16.5. The van der Waals surface area contributed by atoms with Crippen molar-refractivity contribution >= 4 is 11.9 Å². The van der Waals surface area contributed by atoms with Gasteiger partial charge in [0, 0.05) is 26.5 Å². The SMILES string of the molecule is CCc1ccc(N=Cc2c(C)c(C#N)c(=O)n(CCCOC)c2O)cc1. The van der Waals surface area contributed by atoms with E-state index in [4.69, 9.17) is 4.74 Å². The minimum atomic E-state index is -0.497. The zero-order valence-corrected chi connectivity index (χ0v) is 15.3. The highest BCUT2D eigenvalue weighted by Crippen LogP contribution is 2.21. The lowest BCUT2D eigenvalue weighted by Gasteiger charge is -2.13. The molecule has 1 aromatic heterocycles. The number of nitriles is 1. The van der Waals surface area contributed by atoms with E-state index in [2.05, 4.69) is 11.9 Å². The summed E-state index contributed by atoms with van der Waals surface area (Å²) in [5.74, 6) is -0.184. The summed E-state index contributed by atoms with van der Waals surface area (Å²) in [5.41, 5.74) is 2.26. The van der Waals surface area contributed by atoms with Crippen LogP contribution in [0.25, 0.3) is 0 Å². The first-order valence-electron chi connectivity index (χ1n) is 8.51. The molecule has 0 aliphatic heterocycles. The monoisotopic (exact) mass is 353 g/mol. The number of hydrogen-bond donors (Lipinski definition) is 1. The number of hydrogen-bond acceptors (Lipinski definition) is 5. The molecule has 0 fully saturated rings. The summed E-state index contributed by atoms with van der Waals surface area (Å²) >= 11 is 0. The van der Waals surface area contributed by atoms with E-state index in [9.17, 15) is 15.2 Å². The normalized spacial score (nSPS) is 11.0. The quantitative estimate of drug-likeness (QED) is 0.612. The van der Waals surface area contributed by atoms with Crippen LogP contribution >= 0.6 is 0 Å². The van der Waals surface area contributed by atoms with E-state index in [-0.39, 0.29) is 18.0 Å². The van der Waals surface area contributed by atoms with Crippen molar-refractivity contribution in [3.8, 4) is 11.9 Å². The molecule has 6 nitrogen and oxygen atoms in total. The number of nitrogens with zero attached hydrogens (tertiary/aromatic N) is 3. The third kappa shape index (κ3) is 4.19. The molecule has 1 aromatic carbocycles. The summed E-state index contributed by atoms with van der Waals surface area (Å²) in [6.45, 7) is 4.44. The zero-order valence-electron chi connectivity index (χ0n) is 15.3. The Kier molecular flexibility index (Phi) is 6.70. The van der Waals surface area contributed by atoms with Gasteiger partial charge in [0.05, 0.1) is 11.3 Å². The van der Waals surface area contributed by atoms with E-state index < -0.39 is 5.56 Å². The molecular weight excluding hydrogens is 330 g/mol. The highest BCUT2D eigenvalue weighted by molar-refractivity contribution is 5.87. The second-order valence-corrected chi connectivity index (χ2v) is 5.93. The van der Waals surface area contributed by atoms with E-state index in [0.29, 0.717) is 24.2 Å². The van der Waals surface area contributed by atoms with Gasteiger partial charge >= 0.3 is 0 Å². The molecule has 0 aliphatic carbocycles. The van der Waals surface area contributed by atoms with Crippen molar-refractivity contribution in [1.29, 1.82) is 5.26 Å². The predicted molar refractivity (Wildman–Crippen MR) is 101 cm³/mol. The first-order valence-corrected chi connectivity index (χ1v) is 8.51. The first kappa shape index (κ1) is 19.4. The predicted octanol–water partition coefficient (Wildman–Crippen LogP) is 3.08. The average molecular weight is 353 g/mol. The topological polar surface area (TPSA) is 87.6 Å². The van der Waals surface area contributed by atoms with Gasteiger partial charge in [0.2, 0.25) is 5.88 Å². The van der Waals surface area contributed by atoms with Crippen molar-refractivity contribution in [2.75, 3.05) is 13.7 Å². The van der Waals surface area contributed by atoms with Crippen molar-refractivity contribution < 1.29 is 9.84 Å². The maximum Gasteiger partial charge on any atom is 0.271 e. The fourth-order valence-electron chi connectivity index (χ4n) is 2.66. The summed E-state index contributed by atoms with van der Waals surface area (Å²) in [4.78, 5) is 16.8. The van der Waals surface area contributed by atoms with Gasteiger partial charge in [0.15, 0.2) is 0 Å². The number of methoxy groups -OCH3 is 1. The molecule has 0 unspecified atom stereocenters. The highest BCUT2D eigenvalue weighted by Gasteiger charge is 2.17. The van der Waals surface area contributed by atoms with Gasteiger partial charge in [-0.2, -0.15) is 5.26 Å². The molecule has 0 atom stereocenters. The molecule has 0 aliphatic rings. The standard InChI is InChI=1S/C20H23N3O3/c1-4-15-6-8-16(9-7-15)22-13-18-14(2)17(12-21)19(24)23(20(18)25)10-5-11-26-3/h6-9,13,25H,4-5,10-11H2,1-3H3. The molecule has 1 heterocycles. The van der Waals surface area contributed by atoms with Gasteiger partial charge in [0.1, 0.15) is 11.6 Å². The maximum atomic E-state index is 12.4. The van der Waals surface area contributed by atoms with Gasteiger partial charge in [-0.05, 0) is 43.0 Å². The molecule has 0 saturated carbocycles. The Morgan fingerprint density at radius 1 is 1.35 bits per heavy atom. The number of pyridine rings is 1. The second kappa shape index (κ2) is 8.97. The third-order valence-electron chi connectivity index (χ3n) is 4.26. The van der Waals surface area contributed by atoms with Crippen LogP contribution in [0.15, 0.2) is 34.1 Å². The molecule has 1 N–H and O–H groups in total. The summed E-state index contributed by atoms with van der Waals surface area (Å²) < 4.78 is 6.19. The molecule has 0 bridgehead atoms. The molecule has 0 amide bonds. The lowest BCUT2D eigenvalue weighted by Crippen LogP contribution is -2.26. The molecule has 26 heavy (non-hydrogen) atoms. The molecule has 6 heteroatoms. The Morgan fingerprint density at radius 2 is 2.04 bits per heavy atom. The van der Waals surface area contributed by atoms with Crippen LogP contribution in [-0.4, -0.2) is 29.6 Å². The Labute approximate surface area is 153 Å². The summed E-state index contributed by atoms with van der Waals surface area (Å²) in [7, 11) is 1.57. The van der Waals surface area contributed by atoms with Crippen LogP contribution in [0, 0.1) is 18.3 Å². The number of aliphatic imine (C=N–C) groups is 1. The average Bonchev–Trinajstić information content (AvgIpc) is 2.65. The van der Waals surface area contributed by atoms with Crippen LogP contribution in [0.2, 0.25) is 0 Å². The Morgan fingerprint density at radius 3 is 2.62 bits per heavy atom. The van der Waals surface area contributed by atoms with Gasteiger partial charge in [0.25, 0.3) is 5.56 Å². The Balaban J connectivity index is 2.45. The van der Waals surface area contributed by atoms with Crippen molar-refractivity contribution in [3.05, 3.63) is 56.9 Å². The number of aromatic hydroxyl groups is 1. The summed E-state index contributed by atoms with van der Waals surface area (Å²) in [6.07, 6.45) is 2.99. The van der Waals surface area contributed by atoms with Crippen LogP contribution in [0.3, 0.4) is 0 Å². The van der Waals surface area contributed by atoms with Crippen LogP contribution in [-0.2, 0) is 17.7 Å². The molecule has 136 valence electrons. The van der Waals surface area contributed by atoms with Gasteiger partial charge in [-0.15, -0.1) is 0 Å². The van der Waals surface area contributed by atoms with E-state index >= 15 is 0 Å². The second-order valence-electron chi connectivity index (χ2n) is 5.93. The fourth-order valence-corrected chi connectivity index (χ4v) is 2.66. The van der Waals surface area contributed by atoms with Gasteiger partial charge < -0.3 is 9.84 Å². The molecule has 0 saturated heterocycles. The first-order chi connectivity index (χ1) is 12.5. The lowest BCUT2D eigenvalue weighted by molar-refractivity contribution is 0.188. The third-order valence-corrected chi connectivity index (χ3v) is 4.26.